The Morgan fingerprint density at radius 1 is 1.21 bits per heavy atom. The second-order valence-corrected chi connectivity index (χ2v) is 6.83. The summed E-state index contributed by atoms with van der Waals surface area (Å²) in [6.07, 6.45) is 2.77. The molecule has 0 radical (unpaired) electrons. The number of hydrogen-bond acceptors (Lipinski definition) is 2. The fourth-order valence-electron chi connectivity index (χ4n) is 2.20. The molecule has 1 N–H and O–H groups in total. The van der Waals surface area contributed by atoms with Crippen molar-refractivity contribution in [1.82, 2.24) is 5.32 Å². The number of unbranched alkanes of at least 4 members (excludes halogenated alkanes) is 1. The van der Waals surface area contributed by atoms with Crippen molar-refractivity contribution in [3.8, 4) is 5.75 Å². The van der Waals surface area contributed by atoms with Gasteiger partial charge in [0.05, 0.1) is 12.2 Å². The molecule has 0 unspecified atom stereocenters. The van der Waals surface area contributed by atoms with E-state index in [9.17, 15) is 4.79 Å². The van der Waals surface area contributed by atoms with Gasteiger partial charge in [0.1, 0.15) is 5.75 Å². The van der Waals surface area contributed by atoms with Crippen LogP contribution in [0, 0.1) is 0 Å². The van der Waals surface area contributed by atoms with E-state index in [0.717, 1.165) is 23.7 Å². The number of benzene rings is 2. The molecule has 0 heterocycles. The molecule has 0 bridgehead atoms. The predicted molar refractivity (Wildman–Crippen MR) is 102 cm³/mol. The zero-order chi connectivity index (χ0) is 17.4. The average molecular weight is 411 g/mol. The molecule has 0 aliphatic heterocycles. The molecule has 1 amide bonds. The Kier molecular flexibility index (Phi) is 7.60. The Balaban J connectivity index is 1.95. The second kappa shape index (κ2) is 9.70. The summed E-state index contributed by atoms with van der Waals surface area (Å²) in [5, 5.41) is 3.45. The normalized spacial score (nSPS) is 10.5. The SMILES string of the molecule is CCCCOc1ccc(Cl)cc1C(=O)NCCc1ccc(Br)cc1. The quantitative estimate of drug-likeness (QED) is 0.603. The number of carbonyl (C=O) groups excluding carboxylic acids is 1. The first-order chi connectivity index (χ1) is 11.6. The lowest BCUT2D eigenvalue weighted by molar-refractivity contribution is 0.0950. The summed E-state index contributed by atoms with van der Waals surface area (Å²) >= 11 is 9.44. The van der Waals surface area contributed by atoms with E-state index in [1.165, 1.54) is 5.56 Å². The lowest BCUT2D eigenvalue weighted by Gasteiger charge is -2.12. The number of halogens is 2. The van der Waals surface area contributed by atoms with E-state index in [-0.39, 0.29) is 5.91 Å². The summed E-state index contributed by atoms with van der Waals surface area (Å²) in [6, 6.07) is 13.2. The lowest BCUT2D eigenvalue weighted by atomic mass is 10.1. The number of rotatable bonds is 8. The molecule has 0 saturated carbocycles. The summed E-state index contributed by atoms with van der Waals surface area (Å²) in [7, 11) is 0. The molecule has 0 aliphatic carbocycles. The van der Waals surface area contributed by atoms with Gasteiger partial charge in [0.15, 0.2) is 0 Å². The highest BCUT2D eigenvalue weighted by atomic mass is 79.9. The zero-order valence-corrected chi connectivity index (χ0v) is 16.0. The summed E-state index contributed by atoms with van der Waals surface area (Å²) in [5.41, 5.74) is 1.65. The largest absolute Gasteiger partial charge is 0.493 e. The average Bonchev–Trinajstić information content (AvgIpc) is 2.58. The number of ether oxygens (including phenoxy) is 1. The Bertz CT molecular complexity index is 674. The first-order valence-corrected chi connectivity index (χ1v) is 9.22. The van der Waals surface area contributed by atoms with Crippen molar-refractivity contribution in [2.75, 3.05) is 13.2 Å². The van der Waals surface area contributed by atoms with Crippen LogP contribution in [0.1, 0.15) is 35.7 Å². The van der Waals surface area contributed by atoms with E-state index in [0.29, 0.717) is 29.5 Å². The maximum Gasteiger partial charge on any atom is 0.255 e. The van der Waals surface area contributed by atoms with Crippen LogP contribution in [-0.4, -0.2) is 19.1 Å². The third-order valence-electron chi connectivity index (χ3n) is 3.55. The summed E-state index contributed by atoms with van der Waals surface area (Å²) < 4.78 is 6.75. The van der Waals surface area contributed by atoms with Gasteiger partial charge < -0.3 is 10.1 Å². The van der Waals surface area contributed by atoms with Gasteiger partial charge in [-0.15, -0.1) is 0 Å². The van der Waals surface area contributed by atoms with Crippen LogP contribution < -0.4 is 10.1 Å². The van der Waals surface area contributed by atoms with Crippen LogP contribution in [0.2, 0.25) is 5.02 Å². The van der Waals surface area contributed by atoms with Gasteiger partial charge in [0.25, 0.3) is 5.91 Å². The molecular formula is C19H21BrClNO2. The molecule has 0 aliphatic rings. The van der Waals surface area contributed by atoms with Gasteiger partial charge in [0, 0.05) is 16.0 Å². The molecule has 5 heteroatoms. The van der Waals surface area contributed by atoms with Gasteiger partial charge in [-0.2, -0.15) is 0 Å². The van der Waals surface area contributed by atoms with Crippen molar-refractivity contribution in [2.24, 2.45) is 0 Å². The Labute approximate surface area is 156 Å². The minimum atomic E-state index is -0.166. The number of hydrogen-bond donors (Lipinski definition) is 1. The lowest BCUT2D eigenvalue weighted by Crippen LogP contribution is -2.26. The van der Waals surface area contributed by atoms with Crippen LogP contribution in [0.4, 0.5) is 0 Å². The number of nitrogens with one attached hydrogen (secondary N) is 1. The van der Waals surface area contributed by atoms with Crippen LogP contribution in [0.15, 0.2) is 46.9 Å². The minimum absolute atomic E-state index is 0.166. The molecule has 0 atom stereocenters. The van der Waals surface area contributed by atoms with Crippen LogP contribution in [0.3, 0.4) is 0 Å². The first kappa shape index (κ1) is 18.8. The molecule has 2 aromatic rings. The van der Waals surface area contributed by atoms with Crippen LogP contribution in [0.5, 0.6) is 5.75 Å². The zero-order valence-electron chi connectivity index (χ0n) is 13.6. The van der Waals surface area contributed by atoms with Gasteiger partial charge in [-0.1, -0.05) is 53.0 Å². The minimum Gasteiger partial charge on any atom is -0.493 e. The second-order valence-electron chi connectivity index (χ2n) is 5.47. The van der Waals surface area contributed by atoms with E-state index in [4.69, 9.17) is 16.3 Å². The summed E-state index contributed by atoms with van der Waals surface area (Å²) in [6.45, 7) is 3.25. The third kappa shape index (κ3) is 5.84. The van der Waals surface area contributed by atoms with Crippen molar-refractivity contribution < 1.29 is 9.53 Å². The summed E-state index contributed by atoms with van der Waals surface area (Å²) in [4.78, 5) is 12.4. The van der Waals surface area contributed by atoms with Gasteiger partial charge in [-0.05, 0) is 48.7 Å². The highest BCUT2D eigenvalue weighted by Crippen LogP contribution is 2.23. The third-order valence-corrected chi connectivity index (χ3v) is 4.32. The number of amides is 1. The fourth-order valence-corrected chi connectivity index (χ4v) is 2.64. The standard InChI is InChI=1S/C19H21BrClNO2/c1-2-3-12-24-18-9-8-16(21)13-17(18)19(23)22-11-10-14-4-6-15(20)7-5-14/h4-9,13H,2-3,10-12H2,1H3,(H,22,23). The Hall–Kier alpha value is -1.52. The maximum absolute atomic E-state index is 12.4. The predicted octanol–water partition coefficient (Wildman–Crippen LogP) is 5.25. The van der Waals surface area contributed by atoms with Crippen molar-refractivity contribution in [3.05, 3.63) is 63.1 Å². The van der Waals surface area contributed by atoms with E-state index in [2.05, 4.69) is 28.2 Å². The molecule has 0 spiro atoms. The highest BCUT2D eigenvalue weighted by Gasteiger charge is 2.13. The van der Waals surface area contributed by atoms with Crippen LogP contribution in [0.25, 0.3) is 0 Å². The van der Waals surface area contributed by atoms with Crippen molar-refractivity contribution in [1.29, 1.82) is 0 Å². The molecule has 0 aromatic heterocycles. The van der Waals surface area contributed by atoms with Crippen LogP contribution >= 0.6 is 27.5 Å². The molecule has 2 aromatic carbocycles. The molecule has 0 fully saturated rings. The maximum atomic E-state index is 12.4. The van der Waals surface area contributed by atoms with Crippen LogP contribution in [-0.2, 0) is 6.42 Å². The molecule has 0 saturated heterocycles. The molecule has 2 rings (SSSR count). The van der Waals surface area contributed by atoms with Crippen molar-refractivity contribution in [3.63, 3.8) is 0 Å². The van der Waals surface area contributed by atoms with Crippen molar-refractivity contribution >= 4 is 33.4 Å². The highest BCUT2D eigenvalue weighted by molar-refractivity contribution is 9.10. The van der Waals surface area contributed by atoms with Gasteiger partial charge >= 0.3 is 0 Å². The Morgan fingerprint density at radius 3 is 2.67 bits per heavy atom. The van der Waals surface area contributed by atoms with Gasteiger partial charge in [0.2, 0.25) is 0 Å². The molecular weight excluding hydrogens is 390 g/mol. The molecule has 128 valence electrons. The fraction of sp³-hybridized carbons (Fsp3) is 0.316. The van der Waals surface area contributed by atoms with Gasteiger partial charge in [-0.25, -0.2) is 0 Å². The van der Waals surface area contributed by atoms with Gasteiger partial charge in [-0.3, -0.25) is 4.79 Å². The first-order valence-electron chi connectivity index (χ1n) is 8.05. The Morgan fingerprint density at radius 2 is 1.96 bits per heavy atom. The summed E-state index contributed by atoms with van der Waals surface area (Å²) in [5.74, 6) is 0.412. The van der Waals surface area contributed by atoms with E-state index >= 15 is 0 Å². The monoisotopic (exact) mass is 409 g/mol. The van der Waals surface area contributed by atoms with Crippen molar-refractivity contribution in [2.45, 2.75) is 26.2 Å². The number of carbonyl (C=O) groups is 1. The molecule has 24 heavy (non-hydrogen) atoms. The van der Waals surface area contributed by atoms with E-state index in [1.54, 1.807) is 18.2 Å². The smallest absolute Gasteiger partial charge is 0.255 e. The topological polar surface area (TPSA) is 38.3 Å². The van der Waals surface area contributed by atoms with E-state index in [1.807, 2.05) is 24.3 Å². The molecule has 3 nitrogen and oxygen atoms in total. The van der Waals surface area contributed by atoms with E-state index < -0.39 is 0 Å².